The molecule has 5 rings (SSSR count). The molecule has 4 amide bonds. The van der Waals surface area contributed by atoms with E-state index in [1.54, 1.807) is 33.0 Å². The second kappa shape index (κ2) is 10.6. The van der Waals surface area contributed by atoms with Gasteiger partial charge in [0.05, 0.1) is 11.8 Å². The van der Waals surface area contributed by atoms with E-state index in [2.05, 4.69) is 16.3 Å². The topological polar surface area (TPSA) is 135 Å². The van der Waals surface area contributed by atoms with E-state index in [0.29, 0.717) is 25.1 Å². The summed E-state index contributed by atoms with van der Waals surface area (Å²) in [5.74, 6) is -0.492. The largest absolute Gasteiger partial charge is 0.472 e. The van der Waals surface area contributed by atoms with Crippen LogP contribution in [0.1, 0.15) is 52.0 Å². The number of aromatic nitrogens is 1. The van der Waals surface area contributed by atoms with Gasteiger partial charge in [-0.25, -0.2) is 27.7 Å². The second-order valence-electron chi connectivity index (χ2n) is 12.0. The van der Waals surface area contributed by atoms with E-state index in [0.717, 1.165) is 21.2 Å². The third-order valence-electron chi connectivity index (χ3n) is 7.50. The van der Waals surface area contributed by atoms with Gasteiger partial charge >= 0.3 is 12.1 Å². The lowest BCUT2D eigenvalue weighted by molar-refractivity contribution is -0.133. The van der Waals surface area contributed by atoms with Gasteiger partial charge in [0.1, 0.15) is 17.7 Å². The smallest absolute Gasteiger partial charge is 0.411 e. The number of nitrogens with zero attached hydrogens (tertiary/aromatic N) is 3. The number of sulfonamides is 1. The lowest BCUT2D eigenvalue weighted by Gasteiger charge is -2.30. The van der Waals surface area contributed by atoms with Crippen LogP contribution in [0.2, 0.25) is 0 Å². The van der Waals surface area contributed by atoms with Crippen LogP contribution in [0.25, 0.3) is 10.8 Å². The number of carbonyl (C=O) groups excluding carboxylic acids is 3. The van der Waals surface area contributed by atoms with Crippen LogP contribution in [0.3, 0.4) is 0 Å². The van der Waals surface area contributed by atoms with Crippen molar-refractivity contribution >= 4 is 38.8 Å². The standard InChI is InChI=1S/C29H36N4O7S/c1-6-18-13-23(18)33(27(35)31-41(37,38)20-11-12-20)26(34)24-14-19(16-32(24)28(36)40-29(3,4)5)39-25-22-10-8-7-9-21(22)17(2)15-30-25/h6-10,15,18-20,23-24H,1,11-14,16H2,2-5H3,(H,31,35). The zero-order valence-corrected chi connectivity index (χ0v) is 24.5. The van der Waals surface area contributed by atoms with Crippen molar-refractivity contribution in [2.75, 3.05) is 6.54 Å². The summed E-state index contributed by atoms with van der Waals surface area (Å²) in [6, 6.07) is 4.96. The molecule has 41 heavy (non-hydrogen) atoms. The number of benzene rings is 1. The van der Waals surface area contributed by atoms with Crippen molar-refractivity contribution in [3.63, 3.8) is 0 Å². The molecule has 3 aliphatic rings. The van der Waals surface area contributed by atoms with Crippen molar-refractivity contribution in [1.29, 1.82) is 0 Å². The quantitative estimate of drug-likeness (QED) is 0.484. The summed E-state index contributed by atoms with van der Waals surface area (Å²) >= 11 is 0. The van der Waals surface area contributed by atoms with Gasteiger partial charge in [-0.05, 0) is 69.9 Å². The number of ether oxygens (including phenoxy) is 2. The number of hydrogen-bond acceptors (Lipinski definition) is 8. The zero-order valence-electron chi connectivity index (χ0n) is 23.7. The predicted octanol–water partition coefficient (Wildman–Crippen LogP) is 3.90. The molecule has 1 N–H and O–H groups in total. The number of hydrogen-bond donors (Lipinski definition) is 1. The molecule has 2 saturated carbocycles. The second-order valence-corrected chi connectivity index (χ2v) is 13.9. The fourth-order valence-electron chi connectivity index (χ4n) is 5.16. The first kappa shape index (κ1) is 28.8. The molecule has 2 aromatic rings. The van der Waals surface area contributed by atoms with Gasteiger partial charge in [0.15, 0.2) is 0 Å². The van der Waals surface area contributed by atoms with Crippen LogP contribution in [-0.4, -0.2) is 76.8 Å². The first-order valence-corrected chi connectivity index (χ1v) is 15.4. The maximum Gasteiger partial charge on any atom is 0.411 e. The Morgan fingerprint density at radius 2 is 1.83 bits per heavy atom. The molecule has 4 atom stereocenters. The minimum absolute atomic E-state index is 0.0145. The van der Waals surface area contributed by atoms with Crippen molar-refractivity contribution in [3.8, 4) is 5.88 Å². The molecule has 3 fully saturated rings. The van der Waals surface area contributed by atoms with Crippen LogP contribution in [-0.2, 0) is 19.6 Å². The number of pyridine rings is 1. The van der Waals surface area contributed by atoms with Gasteiger partial charge in [-0.3, -0.25) is 14.6 Å². The third-order valence-corrected chi connectivity index (χ3v) is 9.31. The van der Waals surface area contributed by atoms with E-state index >= 15 is 0 Å². The maximum atomic E-state index is 14.1. The Balaban J connectivity index is 1.43. The number of aryl methyl sites for hydroxylation is 1. The molecule has 4 unspecified atom stereocenters. The van der Waals surface area contributed by atoms with E-state index in [4.69, 9.17) is 9.47 Å². The average molecular weight is 585 g/mol. The maximum absolute atomic E-state index is 14.1. The van der Waals surface area contributed by atoms with Crippen LogP contribution < -0.4 is 9.46 Å². The van der Waals surface area contributed by atoms with E-state index in [1.807, 2.05) is 31.2 Å². The Bertz CT molecular complexity index is 1500. The molecule has 1 aliphatic heterocycles. The Morgan fingerprint density at radius 1 is 1.15 bits per heavy atom. The monoisotopic (exact) mass is 584 g/mol. The number of imide groups is 1. The Morgan fingerprint density at radius 3 is 2.44 bits per heavy atom. The van der Waals surface area contributed by atoms with Crippen molar-refractivity contribution in [2.24, 2.45) is 5.92 Å². The Kier molecular flexibility index (Phi) is 7.47. The van der Waals surface area contributed by atoms with E-state index in [9.17, 15) is 22.8 Å². The fourth-order valence-corrected chi connectivity index (χ4v) is 6.42. The minimum atomic E-state index is -3.91. The van der Waals surface area contributed by atoms with Crippen molar-refractivity contribution in [2.45, 2.75) is 82.4 Å². The molecule has 0 bridgehead atoms. The Hall–Kier alpha value is -3.67. The van der Waals surface area contributed by atoms with Crippen molar-refractivity contribution < 1.29 is 32.3 Å². The van der Waals surface area contributed by atoms with E-state index in [1.165, 1.54) is 4.90 Å². The molecule has 0 radical (unpaired) electrons. The summed E-state index contributed by atoms with van der Waals surface area (Å²) < 4.78 is 39.1. The van der Waals surface area contributed by atoms with Crippen LogP contribution in [0.15, 0.2) is 43.1 Å². The van der Waals surface area contributed by atoms with Gasteiger partial charge in [0, 0.05) is 24.0 Å². The normalized spacial score (nSPS) is 24.0. The number of fused-ring (bicyclic) bond motifs is 1. The first-order chi connectivity index (χ1) is 19.3. The van der Waals surface area contributed by atoms with Gasteiger partial charge < -0.3 is 9.47 Å². The highest BCUT2D eigenvalue weighted by molar-refractivity contribution is 7.90. The molecule has 220 valence electrons. The first-order valence-electron chi connectivity index (χ1n) is 13.8. The third kappa shape index (κ3) is 6.17. The van der Waals surface area contributed by atoms with Crippen LogP contribution >= 0.6 is 0 Å². The van der Waals surface area contributed by atoms with Crippen LogP contribution in [0, 0.1) is 12.8 Å². The summed E-state index contributed by atoms with van der Waals surface area (Å²) in [4.78, 5) is 47.3. The lowest BCUT2D eigenvalue weighted by atomic mass is 10.1. The highest BCUT2D eigenvalue weighted by Crippen LogP contribution is 2.39. The molecule has 11 nitrogen and oxygen atoms in total. The van der Waals surface area contributed by atoms with Crippen LogP contribution in [0.4, 0.5) is 9.59 Å². The Labute approximate surface area is 239 Å². The van der Waals surface area contributed by atoms with E-state index < -0.39 is 57.1 Å². The van der Waals surface area contributed by atoms with Crippen molar-refractivity contribution in [1.82, 2.24) is 19.5 Å². The minimum Gasteiger partial charge on any atom is -0.472 e. The molecule has 1 saturated heterocycles. The predicted molar refractivity (Wildman–Crippen MR) is 152 cm³/mol. The highest BCUT2D eigenvalue weighted by atomic mass is 32.2. The molecule has 1 aromatic carbocycles. The van der Waals surface area contributed by atoms with Gasteiger partial charge in [-0.2, -0.15) is 0 Å². The summed E-state index contributed by atoms with van der Waals surface area (Å²) in [5, 5.41) is 1.12. The van der Waals surface area contributed by atoms with Crippen LogP contribution in [0.5, 0.6) is 5.88 Å². The summed E-state index contributed by atoms with van der Waals surface area (Å²) in [7, 11) is -3.91. The summed E-state index contributed by atoms with van der Waals surface area (Å²) in [6.45, 7) is 10.9. The number of likely N-dealkylation sites (tertiary alicyclic amines) is 1. The molecule has 2 aliphatic carbocycles. The molecule has 1 aromatic heterocycles. The van der Waals surface area contributed by atoms with Crippen molar-refractivity contribution in [3.05, 3.63) is 48.7 Å². The molecular weight excluding hydrogens is 548 g/mol. The molecule has 12 heteroatoms. The zero-order chi connectivity index (χ0) is 29.7. The molecule has 0 spiro atoms. The average Bonchev–Trinajstić information content (AvgIpc) is 3.82. The summed E-state index contributed by atoms with van der Waals surface area (Å²) in [5.41, 5.74) is 0.143. The van der Waals surface area contributed by atoms with Gasteiger partial charge in [-0.15, -0.1) is 6.58 Å². The number of carbonyl (C=O) groups is 3. The number of amides is 4. The number of urea groups is 1. The highest BCUT2D eigenvalue weighted by Gasteiger charge is 2.52. The molecular formula is C29H36N4O7S. The number of nitrogens with one attached hydrogen (secondary N) is 1. The number of rotatable bonds is 7. The SMILES string of the molecule is C=CC1CC1N(C(=O)NS(=O)(=O)C1CC1)C(=O)C1CC(Oc2ncc(C)c3ccccc23)CN1C(=O)OC(C)(C)C. The van der Waals surface area contributed by atoms with E-state index in [-0.39, 0.29) is 18.9 Å². The lowest BCUT2D eigenvalue weighted by Crippen LogP contribution is -2.55. The summed E-state index contributed by atoms with van der Waals surface area (Å²) in [6.07, 6.45) is 3.42. The van der Waals surface area contributed by atoms with Gasteiger partial charge in [0.2, 0.25) is 15.9 Å². The molecule has 2 heterocycles. The van der Waals surface area contributed by atoms with Gasteiger partial charge in [0.25, 0.3) is 5.91 Å². The van der Waals surface area contributed by atoms with Gasteiger partial charge in [-0.1, -0.05) is 24.3 Å². The fraction of sp³-hybridized carbons (Fsp3) is 0.517.